The molecule has 3 N–H and O–H groups in total. The number of aryl methyl sites for hydroxylation is 2. The van der Waals surface area contributed by atoms with Crippen molar-refractivity contribution in [3.8, 4) is 0 Å². The van der Waals surface area contributed by atoms with Crippen molar-refractivity contribution in [2.75, 3.05) is 24.1 Å². The summed E-state index contributed by atoms with van der Waals surface area (Å²) < 4.78 is 0. The molecule has 1 aliphatic heterocycles. The van der Waals surface area contributed by atoms with Gasteiger partial charge < -0.3 is 16.0 Å². The highest BCUT2D eigenvalue weighted by Gasteiger charge is 2.21. The van der Waals surface area contributed by atoms with Crippen molar-refractivity contribution < 1.29 is 4.79 Å². The molecule has 104 valence electrons. The van der Waals surface area contributed by atoms with Crippen LogP contribution in [-0.2, 0) is 0 Å². The summed E-state index contributed by atoms with van der Waals surface area (Å²) in [6, 6.07) is 3.78. The highest BCUT2D eigenvalue weighted by atomic mass is 16.2. The first-order valence-electron chi connectivity index (χ1n) is 6.90. The summed E-state index contributed by atoms with van der Waals surface area (Å²) in [4.78, 5) is 14.2. The fourth-order valence-electron chi connectivity index (χ4n) is 2.75. The molecule has 0 aliphatic carbocycles. The second kappa shape index (κ2) is 5.51. The summed E-state index contributed by atoms with van der Waals surface area (Å²) in [7, 11) is 0. The molecular formula is C15H23N3O. The topological polar surface area (TPSA) is 58.4 Å². The van der Waals surface area contributed by atoms with Crippen molar-refractivity contribution in [3.63, 3.8) is 0 Å². The minimum atomic E-state index is 0.00233. The number of piperidine rings is 1. The molecule has 2 rings (SSSR count). The molecule has 0 spiro atoms. The van der Waals surface area contributed by atoms with Gasteiger partial charge in [-0.05, 0) is 55.9 Å². The number of anilines is 2. The molecule has 1 aromatic carbocycles. The Labute approximate surface area is 115 Å². The fraction of sp³-hybridized carbons (Fsp3) is 0.533. The van der Waals surface area contributed by atoms with Crippen LogP contribution < -0.4 is 11.1 Å². The molecule has 4 heteroatoms. The van der Waals surface area contributed by atoms with Gasteiger partial charge in [-0.3, -0.25) is 0 Å². The molecule has 0 bridgehead atoms. The summed E-state index contributed by atoms with van der Waals surface area (Å²) in [5, 5.41) is 3.03. The monoisotopic (exact) mass is 261 g/mol. The Morgan fingerprint density at radius 1 is 1.37 bits per heavy atom. The first-order valence-corrected chi connectivity index (χ1v) is 6.90. The maximum Gasteiger partial charge on any atom is 0.321 e. The normalized spacial score (nSPS) is 19.3. The molecule has 1 atom stereocenters. The van der Waals surface area contributed by atoms with E-state index in [9.17, 15) is 4.79 Å². The average molecular weight is 261 g/mol. The lowest BCUT2D eigenvalue weighted by Crippen LogP contribution is -2.41. The maximum absolute atomic E-state index is 12.3. The van der Waals surface area contributed by atoms with Crippen LogP contribution in [0.4, 0.5) is 16.2 Å². The number of rotatable bonds is 1. The van der Waals surface area contributed by atoms with Gasteiger partial charge in [0.15, 0.2) is 0 Å². The first-order chi connectivity index (χ1) is 8.97. The van der Waals surface area contributed by atoms with Crippen LogP contribution in [0.5, 0.6) is 0 Å². The first kappa shape index (κ1) is 13.7. The summed E-state index contributed by atoms with van der Waals surface area (Å²) in [5.41, 5.74) is 9.44. The van der Waals surface area contributed by atoms with E-state index in [0.717, 1.165) is 42.0 Å². The van der Waals surface area contributed by atoms with Crippen molar-refractivity contribution in [2.45, 2.75) is 33.6 Å². The lowest BCUT2D eigenvalue weighted by Gasteiger charge is -2.31. The molecule has 0 aromatic heterocycles. The van der Waals surface area contributed by atoms with E-state index >= 15 is 0 Å². The van der Waals surface area contributed by atoms with E-state index < -0.39 is 0 Å². The van der Waals surface area contributed by atoms with Gasteiger partial charge >= 0.3 is 6.03 Å². The number of benzene rings is 1. The number of amides is 2. The molecule has 19 heavy (non-hydrogen) atoms. The molecule has 0 saturated carbocycles. The number of hydrogen-bond acceptors (Lipinski definition) is 2. The smallest absolute Gasteiger partial charge is 0.321 e. The third-order valence-electron chi connectivity index (χ3n) is 3.73. The van der Waals surface area contributed by atoms with Gasteiger partial charge in [-0.1, -0.05) is 6.92 Å². The number of carbonyl (C=O) groups is 1. The molecule has 1 heterocycles. The molecule has 1 aliphatic rings. The van der Waals surface area contributed by atoms with Crippen LogP contribution in [0.15, 0.2) is 12.1 Å². The van der Waals surface area contributed by atoms with Crippen molar-refractivity contribution in [3.05, 3.63) is 23.3 Å². The van der Waals surface area contributed by atoms with Crippen LogP contribution in [0.3, 0.4) is 0 Å². The lowest BCUT2D eigenvalue weighted by molar-refractivity contribution is 0.182. The van der Waals surface area contributed by atoms with Crippen molar-refractivity contribution in [1.82, 2.24) is 4.90 Å². The second-order valence-electron chi connectivity index (χ2n) is 5.65. The van der Waals surface area contributed by atoms with Gasteiger partial charge in [0, 0.05) is 24.5 Å². The molecule has 1 fully saturated rings. The Kier molecular flexibility index (Phi) is 3.98. The van der Waals surface area contributed by atoms with Crippen LogP contribution in [0, 0.1) is 19.8 Å². The van der Waals surface area contributed by atoms with Crippen LogP contribution in [0.2, 0.25) is 0 Å². The van der Waals surface area contributed by atoms with Crippen molar-refractivity contribution in [2.24, 2.45) is 5.92 Å². The Morgan fingerprint density at radius 3 is 2.58 bits per heavy atom. The fourth-order valence-corrected chi connectivity index (χ4v) is 2.75. The number of nitrogens with one attached hydrogen (secondary N) is 1. The van der Waals surface area contributed by atoms with Gasteiger partial charge in [0.25, 0.3) is 0 Å². The molecule has 2 amide bonds. The predicted molar refractivity (Wildman–Crippen MR) is 79.3 cm³/mol. The number of nitrogen functional groups attached to an aromatic ring is 1. The average Bonchev–Trinajstić information content (AvgIpc) is 2.33. The Morgan fingerprint density at radius 2 is 2.00 bits per heavy atom. The largest absolute Gasteiger partial charge is 0.399 e. The highest BCUT2D eigenvalue weighted by Crippen LogP contribution is 2.24. The molecule has 0 radical (unpaired) electrons. The van der Waals surface area contributed by atoms with E-state index in [2.05, 4.69) is 12.2 Å². The number of carbonyl (C=O) groups excluding carboxylic acids is 1. The zero-order chi connectivity index (χ0) is 14.0. The summed E-state index contributed by atoms with van der Waals surface area (Å²) in [6.07, 6.45) is 2.30. The number of nitrogens with zero attached hydrogens (tertiary/aromatic N) is 1. The third-order valence-corrected chi connectivity index (χ3v) is 3.73. The predicted octanol–water partition coefficient (Wildman–Crippen LogP) is 3.15. The minimum absolute atomic E-state index is 0.00233. The van der Waals surface area contributed by atoms with E-state index in [4.69, 9.17) is 5.73 Å². The molecule has 1 saturated heterocycles. The summed E-state index contributed by atoms with van der Waals surface area (Å²) in [6.45, 7) is 7.83. The van der Waals surface area contributed by atoms with Crippen LogP contribution in [0.25, 0.3) is 0 Å². The Bertz CT molecular complexity index is 461. The number of nitrogens with two attached hydrogens (primary N) is 1. The highest BCUT2D eigenvalue weighted by molar-refractivity contribution is 5.91. The van der Waals surface area contributed by atoms with E-state index in [1.54, 1.807) is 0 Å². The number of likely N-dealkylation sites (tertiary alicyclic amines) is 1. The standard InChI is InChI=1S/C15H23N3O/c1-10-5-4-6-18(9-10)15(19)17-14-11(2)7-13(16)8-12(14)3/h7-8,10H,4-6,9,16H2,1-3H3,(H,17,19). The van der Waals surface area contributed by atoms with E-state index in [1.807, 2.05) is 30.9 Å². The SMILES string of the molecule is Cc1cc(N)cc(C)c1NC(=O)N1CCCC(C)C1. The molecule has 1 aromatic rings. The second-order valence-corrected chi connectivity index (χ2v) is 5.65. The van der Waals surface area contributed by atoms with Gasteiger partial charge in [0.05, 0.1) is 0 Å². The van der Waals surface area contributed by atoms with Crippen LogP contribution >= 0.6 is 0 Å². The van der Waals surface area contributed by atoms with Gasteiger partial charge in [-0.2, -0.15) is 0 Å². The van der Waals surface area contributed by atoms with E-state index in [-0.39, 0.29) is 6.03 Å². The third kappa shape index (κ3) is 3.19. The van der Waals surface area contributed by atoms with E-state index in [1.165, 1.54) is 6.42 Å². The van der Waals surface area contributed by atoms with E-state index in [0.29, 0.717) is 5.92 Å². The van der Waals surface area contributed by atoms with Crippen molar-refractivity contribution in [1.29, 1.82) is 0 Å². The van der Waals surface area contributed by atoms with Gasteiger partial charge in [-0.25, -0.2) is 4.79 Å². The lowest BCUT2D eigenvalue weighted by atomic mass is 10.0. The number of hydrogen-bond donors (Lipinski definition) is 2. The molecular weight excluding hydrogens is 238 g/mol. The zero-order valence-electron chi connectivity index (χ0n) is 12.0. The Hall–Kier alpha value is -1.71. The quantitative estimate of drug-likeness (QED) is 0.763. The van der Waals surface area contributed by atoms with Gasteiger partial charge in [0.2, 0.25) is 0 Å². The molecule has 4 nitrogen and oxygen atoms in total. The van der Waals surface area contributed by atoms with Crippen LogP contribution in [0.1, 0.15) is 30.9 Å². The minimum Gasteiger partial charge on any atom is -0.399 e. The summed E-state index contributed by atoms with van der Waals surface area (Å²) in [5.74, 6) is 0.591. The van der Waals surface area contributed by atoms with Gasteiger partial charge in [-0.15, -0.1) is 0 Å². The Balaban J connectivity index is 2.10. The number of urea groups is 1. The van der Waals surface area contributed by atoms with Crippen molar-refractivity contribution >= 4 is 17.4 Å². The maximum atomic E-state index is 12.3. The summed E-state index contributed by atoms with van der Waals surface area (Å²) >= 11 is 0. The zero-order valence-corrected chi connectivity index (χ0v) is 12.0. The molecule has 1 unspecified atom stereocenters. The van der Waals surface area contributed by atoms with Crippen LogP contribution in [-0.4, -0.2) is 24.0 Å². The van der Waals surface area contributed by atoms with Gasteiger partial charge in [0.1, 0.15) is 0 Å².